The number of aromatic nitrogens is 1. The van der Waals surface area contributed by atoms with Gasteiger partial charge in [-0.3, -0.25) is 9.59 Å². The number of methoxy groups -OCH3 is 1. The monoisotopic (exact) mass is 288 g/mol. The zero-order valence-corrected chi connectivity index (χ0v) is 11.2. The van der Waals surface area contributed by atoms with E-state index < -0.39 is 17.8 Å². The molecule has 1 N–H and O–H groups in total. The van der Waals surface area contributed by atoms with E-state index in [9.17, 15) is 14.4 Å². The number of ether oxygens (including phenoxy) is 1. The van der Waals surface area contributed by atoms with Crippen LogP contribution in [-0.4, -0.2) is 34.9 Å². The highest BCUT2D eigenvalue weighted by Gasteiger charge is 2.33. The molecule has 1 aromatic heterocycles. The number of fused-ring (bicyclic) bond motifs is 1. The van der Waals surface area contributed by atoms with Gasteiger partial charge in [0.2, 0.25) is 0 Å². The van der Waals surface area contributed by atoms with Gasteiger partial charge in [-0.1, -0.05) is 6.07 Å². The zero-order chi connectivity index (χ0) is 15.0. The first kappa shape index (κ1) is 13.2. The quantitative estimate of drug-likeness (QED) is 0.862. The number of amides is 2. The van der Waals surface area contributed by atoms with E-state index in [4.69, 9.17) is 9.57 Å². The highest BCUT2D eigenvalue weighted by molar-refractivity contribution is 6.03. The Labute approximate surface area is 119 Å². The molecule has 0 radical (unpaired) electrons. The number of H-pyrrole nitrogens is 1. The van der Waals surface area contributed by atoms with E-state index in [2.05, 4.69) is 4.98 Å². The minimum atomic E-state index is -0.795. The molecular formula is C14H12N2O5. The first-order valence-corrected chi connectivity index (χ1v) is 6.34. The number of carbonyl (C=O) groups excluding carboxylic acids is 3. The summed E-state index contributed by atoms with van der Waals surface area (Å²) in [5.74, 6) is -1.21. The fraction of sp³-hybridized carbons (Fsp3) is 0.214. The summed E-state index contributed by atoms with van der Waals surface area (Å²) < 4.78 is 5.20. The van der Waals surface area contributed by atoms with Crippen LogP contribution < -0.4 is 4.74 Å². The van der Waals surface area contributed by atoms with Gasteiger partial charge in [-0.15, -0.1) is 5.06 Å². The van der Waals surface area contributed by atoms with Crippen molar-refractivity contribution in [2.75, 3.05) is 7.11 Å². The van der Waals surface area contributed by atoms with Crippen LogP contribution in [0.5, 0.6) is 5.75 Å². The number of imide groups is 1. The topological polar surface area (TPSA) is 88.7 Å². The summed E-state index contributed by atoms with van der Waals surface area (Å²) in [6, 6.07) is 6.88. The predicted molar refractivity (Wildman–Crippen MR) is 71.4 cm³/mol. The molecule has 0 bridgehead atoms. The van der Waals surface area contributed by atoms with Crippen LogP contribution in [0.2, 0.25) is 0 Å². The average molecular weight is 288 g/mol. The normalized spacial score (nSPS) is 14.8. The number of carbonyl (C=O) groups is 3. The first-order chi connectivity index (χ1) is 10.1. The molecule has 1 fully saturated rings. The third-order valence-corrected chi connectivity index (χ3v) is 3.24. The lowest BCUT2D eigenvalue weighted by molar-refractivity contribution is -0.172. The second-order valence-corrected chi connectivity index (χ2v) is 4.57. The molecule has 0 unspecified atom stereocenters. The van der Waals surface area contributed by atoms with Gasteiger partial charge in [0.25, 0.3) is 11.8 Å². The molecule has 1 aliphatic rings. The minimum absolute atomic E-state index is 0.0621. The van der Waals surface area contributed by atoms with Crippen molar-refractivity contribution < 1.29 is 24.0 Å². The summed E-state index contributed by atoms with van der Waals surface area (Å²) in [4.78, 5) is 42.6. The van der Waals surface area contributed by atoms with Crippen molar-refractivity contribution in [3.05, 3.63) is 30.0 Å². The van der Waals surface area contributed by atoms with E-state index in [0.29, 0.717) is 21.7 Å². The SMILES string of the molecule is COc1cccc2[nH]c(C(=O)ON3C(=O)CCC3=O)cc12. The highest BCUT2D eigenvalue weighted by atomic mass is 16.7. The van der Waals surface area contributed by atoms with Gasteiger partial charge in [-0.25, -0.2) is 4.79 Å². The summed E-state index contributed by atoms with van der Waals surface area (Å²) in [5.41, 5.74) is 0.836. The summed E-state index contributed by atoms with van der Waals surface area (Å²) in [6.07, 6.45) is 0.124. The standard InChI is InChI=1S/C14H12N2O5/c1-20-11-4-2-3-9-8(11)7-10(15-9)14(19)21-16-12(17)5-6-13(16)18/h2-4,7,15H,5-6H2,1H3. The Kier molecular flexibility index (Phi) is 3.09. The number of rotatable bonds is 3. The first-order valence-electron chi connectivity index (χ1n) is 6.34. The molecule has 7 heteroatoms. The molecule has 0 spiro atoms. The van der Waals surface area contributed by atoms with Crippen molar-refractivity contribution in [1.29, 1.82) is 0 Å². The van der Waals surface area contributed by atoms with Crippen LogP contribution in [-0.2, 0) is 14.4 Å². The van der Waals surface area contributed by atoms with Crippen molar-refractivity contribution in [1.82, 2.24) is 10.0 Å². The third-order valence-electron chi connectivity index (χ3n) is 3.24. The maximum atomic E-state index is 12.0. The van der Waals surface area contributed by atoms with E-state index in [1.807, 2.05) is 0 Å². The van der Waals surface area contributed by atoms with Crippen LogP contribution in [0.15, 0.2) is 24.3 Å². The number of nitrogens with zero attached hydrogens (tertiary/aromatic N) is 1. The van der Waals surface area contributed by atoms with E-state index in [-0.39, 0.29) is 18.5 Å². The Morgan fingerprint density at radius 3 is 2.62 bits per heavy atom. The van der Waals surface area contributed by atoms with Gasteiger partial charge >= 0.3 is 5.97 Å². The van der Waals surface area contributed by atoms with Crippen LogP contribution >= 0.6 is 0 Å². The Morgan fingerprint density at radius 2 is 1.95 bits per heavy atom. The van der Waals surface area contributed by atoms with Gasteiger partial charge in [-0.05, 0) is 18.2 Å². The maximum Gasteiger partial charge on any atom is 0.379 e. The highest BCUT2D eigenvalue weighted by Crippen LogP contribution is 2.26. The molecule has 0 saturated carbocycles. The molecule has 0 atom stereocenters. The summed E-state index contributed by atoms with van der Waals surface area (Å²) in [7, 11) is 1.53. The largest absolute Gasteiger partial charge is 0.496 e. The lowest BCUT2D eigenvalue weighted by atomic mass is 10.2. The number of aromatic amines is 1. The maximum absolute atomic E-state index is 12.0. The van der Waals surface area contributed by atoms with E-state index in [1.165, 1.54) is 7.11 Å². The molecule has 0 aliphatic carbocycles. The van der Waals surface area contributed by atoms with Crippen molar-refractivity contribution in [3.8, 4) is 5.75 Å². The second kappa shape index (κ2) is 4.93. The molecule has 7 nitrogen and oxygen atoms in total. The van der Waals surface area contributed by atoms with Gasteiger partial charge in [0.1, 0.15) is 11.4 Å². The summed E-state index contributed by atoms with van der Waals surface area (Å²) in [6.45, 7) is 0. The fourth-order valence-corrected chi connectivity index (χ4v) is 2.21. The lowest BCUT2D eigenvalue weighted by Crippen LogP contribution is -2.32. The van der Waals surface area contributed by atoms with Gasteiger partial charge in [-0.2, -0.15) is 0 Å². The van der Waals surface area contributed by atoms with Crippen molar-refractivity contribution in [2.24, 2.45) is 0 Å². The molecule has 3 rings (SSSR count). The predicted octanol–water partition coefficient (Wildman–Crippen LogP) is 1.40. The molecule has 108 valence electrons. The van der Waals surface area contributed by atoms with E-state index in [1.54, 1.807) is 24.3 Å². The smallest absolute Gasteiger partial charge is 0.379 e. The van der Waals surface area contributed by atoms with Crippen LogP contribution in [0, 0.1) is 0 Å². The summed E-state index contributed by atoms with van der Waals surface area (Å²) in [5, 5.41) is 1.23. The molecular weight excluding hydrogens is 276 g/mol. The van der Waals surface area contributed by atoms with Gasteiger partial charge in [0.05, 0.1) is 7.11 Å². The second-order valence-electron chi connectivity index (χ2n) is 4.57. The van der Waals surface area contributed by atoms with Crippen LogP contribution in [0.3, 0.4) is 0 Å². The molecule has 1 saturated heterocycles. The Hall–Kier alpha value is -2.83. The van der Waals surface area contributed by atoms with Crippen LogP contribution in [0.25, 0.3) is 10.9 Å². The van der Waals surface area contributed by atoms with Gasteiger partial charge in [0.15, 0.2) is 0 Å². The Balaban J connectivity index is 1.88. The molecule has 2 heterocycles. The number of hydrogen-bond acceptors (Lipinski definition) is 5. The minimum Gasteiger partial charge on any atom is -0.496 e. The van der Waals surface area contributed by atoms with Gasteiger partial charge in [0, 0.05) is 23.7 Å². The number of hydrogen-bond donors (Lipinski definition) is 1. The molecule has 2 aromatic rings. The van der Waals surface area contributed by atoms with Crippen molar-refractivity contribution in [3.63, 3.8) is 0 Å². The third kappa shape index (κ3) is 2.22. The number of benzene rings is 1. The molecule has 21 heavy (non-hydrogen) atoms. The lowest BCUT2D eigenvalue weighted by Gasteiger charge is -2.11. The number of hydroxylamine groups is 2. The number of nitrogens with one attached hydrogen (secondary N) is 1. The Morgan fingerprint density at radius 1 is 1.24 bits per heavy atom. The molecule has 1 aromatic carbocycles. The van der Waals surface area contributed by atoms with Crippen molar-refractivity contribution >= 4 is 28.7 Å². The van der Waals surface area contributed by atoms with Crippen LogP contribution in [0.4, 0.5) is 0 Å². The average Bonchev–Trinajstić information content (AvgIpc) is 3.05. The van der Waals surface area contributed by atoms with Crippen molar-refractivity contribution in [2.45, 2.75) is 12.8 Å². The Bertz CT molecular complexity index is 733. The fourth-order valence-electron chi connectivity index (χ4n) is 2.21. The molecule has 2 amide bonds. The van der Waals surface area contributed by atoms with Gasteiger partial charge < -0.3 is 14.6 Å². The van der Waals surface area contributed by atoms with Crippen LogP contribution in [0.1, 0.15) is 23.3 Å². The zero-order valence-electron chi connectivity index (χ0n) is 11.2. The van der Waals surface area contributed by atoms with E-state index >= 15 is 0 Å². The summed E-state index contributed by atoms with van der Waals surface area (Å²) >= 11 is 0. The molecule has 1 aliphatic heterocycles. The van der Waals surface area contributed by atoms with E-state index in [0.717, 1.165) is 0 Å².